The number of carbonyl (C=O) groups excluding carboxylic acids is 2. The van der Waals surface area contributed by atoms with E-state index in [1.165, 1.54) is 30.8 Å². The Morgan fingerprint density at radius 1 is 1.04 bits per heavy atom. The van der Waals surface area contributed by atoms with Crippen LogP contribution < -0.4 is 5.32 Å². The predicted octanol–water partition coefficient (Wildman–Crippen LogP) is 4.83. The molecule has 2 saturated carbocycles. The Labute approximate surface area is 158 Å². The monoisotopic (exact) mass is 375 g/mol. The van der Waals surface area contributed by atoms with Crippen LogP contribution in [0.25, 0.3) is 0 Å². The number of ketones is 1. The van der Waals surface area contributed by atoms with Gasteiger partial charge in [-0.3, -0.25) is 9.59 Å². The molecule has 0 radical (unpaired) electrons. The molecule has 1 N–H and O–H groups in total. The molecule has 1 amide bonds. The number of amides is 1. The second-order valence-corrected chi connectivity index (χ2v) is 10.5. The molecule has 0 aromatic heterocycles. The average molecular weight is 376 g/mol. The molecule has 2 aliphatic carbocycles. The van der Waals surface area contributed by atoms with Gasteiger partial charge in [-0.1, -0.05) is 6.42 Å². The number of hydrogen-bond donors (Lipinski definition) is 1. The summed E-state index contributed by atoms with van der Waals surface area (Å²) in [6.45, 7) is 1.56. The van der Waals surface area contributed by atoms with Gasteiger partial charge in [0.25, 0.3) is 0 Å². The minimum absolute atomic E-state index is 0.0508. The average Bonchev–Trinajstić information content (AvgIpc) is 3.04. The van der Waals surface area contributed by atoms with Crippen LogP contribution in [0.15, 0.2) is 24.3 Å². The number of nitrogens with one attached hydrogen (secondary N) is 1. The van der Waals surface area contributed by atoms with Crippen molar-refractivity contribution in [2.24, 2.45) is 17.8 Å². The molecule has 3 nitrogen and oxygen atoms in total. The van der Waals surface area contributed by atoms with Crippen molar-refractivity contribution in [1.29, 1.82) is 0 Å². The fourth-order valence-corrected chi connectivity index (χ4v) is 8.79. The summed E-state index contributed by atoms with van der Waals surface area (Å²) in [4.78, 5) is 24.2. The van der Waals surface area contributed by atoms with E-state index in [2.05, 4.69) is 28.8 Å². The molecule has 0 unspecified atom stereocenters. The van der Waals surface area contributed by atoms with E-state index in [9.17, 15) is 9.59 Å². The van der Waals surface area contributed by atoms with Crippen molar-refractivity contribution >= 4 is 40.9 Å². The largest absolute Gasteiger partial charge is 0.326 e. The summed E-state index contributed by atoms with van der Waals surface area (Å²) in [7, 11) is 0. The van der Waals surface area contributed by atoms with E-state index in [1.54, 1.807) is 19.1 Å². The summed E-state index contributed by atoms with van der Waals surface area (Å²) < 4.78 is 0.415. The van der Waals surface area contributed by atoms with Crippen molar-refractivity contribution in [3.63, 3.8) is 0 Å². The Balaban J connectivity index is 1.44. The first-order valence-corrected chi connectivity index (χ1v) is 11.3. The predicted molar refractivity (Wildman–Crippen MR) is 106 cm³/mol. The van der Waals surface area contributed by atoms with Crippen LogP contribution in [-0.4, -0.2) is 27.3 Å². The first-order valence-electron chi connectivity index (χ1n) is 9.28. The fraction of sp³-hybridized carbons (Fsp3) is 0.600. The van der Waals surface area contributed by atoms with E-state index in [0.717, 1.165) is 18.5 Å². The Bertz CT molecular complexity index is 651. The first-order chi connectivity index (χ1) is 12.1. The third-order valence-corrected chi connectivity index (χ3v) is 10.1. The standard InChI is InChI=1S/C20H25NO2S2/c1-13(22)14-5-7-18(8-6-14)21-19(23)15-11-16-3-2-4-17(12-15)20(16)24-9-10-25-20/h5-8,15-17H,2-4,9-12H2,1H3,(H,21,23)/t16-,17-/m1/s1. The molecular weight excluding hydrogens is 350 g/mol. The van der Waals surface area contributed by atoms with E-state index in [-0.39, 0.29) is 17.6 Å². The van der Waals surface area contributed by atoms with E-state index >= 15 is 0 Å². The molecule has 1 saturated heterocycles. The summed E-state index contributed by atoms with van der Waals surface area (Å²) in [5.74, 6) is 4.27. The highest BCUT2D eigenvalue weighted by atomic mass is 32.2. The summed E-state index contributed by atoms with van der Waals surface area (Å²) >= 11 is 4.36. The number of anilines is 1. The normalized spacial score (nSPS) is 30.2. The van der Waals surface area contributed by atoms with Gasteiger partial charge in [0.15, 0.2) is 5.78 Å². The van der Waals surface area contributed by atoms with Crippen molar-refractivity contribution in [2.75, 3.05) is 16.8 Å². The van der Waals surface area contributed by atoms with Crippen molar-refractivity contribution in [2.45, 2.75) is 43.1 Å². The van der Waals surface area contributed by atoms with Gasteiger partial charge in [-0.05, 0) is 68.7 Å². The number of Topliss-reactive ketones (excluding diaryl/α,β-unsaturated/α-hetero) is 1. The first kappa shape index (κ1) is 17.5. The van der Waals surface area contributed by atoms with Crippen LogP contribution in [0.5, 0.6) is 0 Å². The van der Waals surface area contributed by atoms with Gasteiger partial charge in [0, 0.05) is 28.7 Å². The van der Waals surface area contributed by atoms with Gasteiger partial charge < -0.3 is 5.32 Å². The van der Waals surface area contributed by atoms with Gasteiger partial charge in [-0.15, -0.1) is 23.5 Å². The molecule has 5 heteroatoms. The van der Waals surface area contributed by atoms with Gasteiger partial charge in [-0.2, -0.15) is 0 Å². The van der Waals surface area contributed by atoms with Crippen LogP contribution >= 0.6 is 23.5 Å². The van der Waals surface area contributed by atoms with Crippen LogP contribution in [0, 0.1) is 17.8 Å². The van der Waals surface area contributed by atoms with E-state index < -0.39 is 0 Å². The van der Waals surface area contributed by atoms with Gasteiger partial charge in [0.05, 0.1) is 4.08 Å². The molecule has 1 aromatic carbocycles. The van der Waals surface area contributed by atoms with Crippen molar-refractivity contribution in [3.8, 4) is 0 Å². The summed E-state index contributed by atoms with van der Waals surface area (Å²) in [6.07, 6.45) is 5.97. The van der Waals surface area contributed by atoms with E-state index in [1.807, 2.05) is 12.1 Å². The topological polar surface area (TPSA) is 46.2 Å². The molecule has 134 valence electrons. The molecule has 1 aromatic rings. The van der Waals surface area contributed by atoms with E-state index in [0.29, 0.717) is 21.5 Å². The lowest BCUT2D eigenvalue weighted by Gasteiger charge is -2.52. The van der Waals surface area contributed by atoms with Crippen LogP contribution in [0.4, 0.5) is 5.69 Å². The zero-order valence-electron chi connectivity index (χ0n) is 14.6. The number of benzene rings is 1. The van der Waals surface area contributed by atoms with Crippen molar-refractivity contribution in [3.05, 3.63) is 29.8 Å². The van der Waals surface area contributed by atoms with Crippen molar-refractivity contribution < 1.29 is 9.59 Å². The summed E-state index contributed by atoms with van der Waals surface area (Å²) in [5, 5.41) is 3.08. The SMILES string of the molecule is CC(=O)c1ccc(NC(=O)C2C[C@H]3CCC[C@H](C2)C32SCCS2)cc1. The summed E-state index contributed by atoms with van der Waals surface area (Å²) in [6, 6.07) is 7.24. The Hall–Kier alpha value is -0.940. The smallest absolute Gasteiger partial charge is 0.227 e. The van der Waals surface area contributed by atoms with Crippen LogP contribution in [0.2, 0.25) is 0 Å². The number of carbonyl (C=O) groups is 2. The van der Waals surface area contributed by atoms with Gasteiger partial charge in [0.1, 0.15) is 0 Å². The van der Waals surface area contributed by atoms with Gasteiger partial charge >= 0.3 is 0 Å². The third kappa shape index (κ3) is 3.25. The second-order valence-electron chi connectivity index (χ2n) is 7.53. The van der Waals surface area contributed by atoms with Gasteiger partial charge in [0.2, 0.25) is 5.91 Å². The highest BCUT2D eigenvalue weighted by Gasteiger charge is 2.55. The number of hydrogen-bond acceptors (Lipinski definition) is 4. The van der Waals surface area contributed by atoms with E-state index in [4.69, 9.17) is 0 Å². The Morgan fingerprint density at radius 2 is 1.64 bits per heavy atom. The summed E-state index contributed by atoms with van der Waals surface area (Å²) in [5.41, 5.74) is 1.48. The maximum absolute atomic E-state index is 12.8. The molecular formula is C20H25NO2S2. The maximum atomic E-state index is 12.8. The molecule has 3 aliphatic rings. The lowest BCUT2D eigenvalue weighted by Crippen LogP contribution is -2.48. The molecule has 1 spiro atoms. The molecule has 25 heavy (non-hydrogen) atoms. The molecule has 3 fully saturated rings. The maximum Gasteiger partial charge on any atom is 0.227 e. The minimum Gasteiger partial charge on any atom is -0.326 e. The zero-order chi connectivity index (χ0) is 17.4. The highest BCUT2D eigenvalue weighted by Crippen LogP contribution is 2.64. The minimum atomic E-state index is 0.0508. The zero-order valence-corrected chi connectivity index (χ0v) is 16.3. The number of rotatable bonds is 3. The molecule has 2 bridgehead atoms. The van der Waals surface area contributed by atoms with Gasteiger partial charge in [-0.25, -0.2) is 0 Å². The highest BCUT2D eigenvalue weighted by molar-refractivity contribution is 8.21. The Kier molecular flexibility index (Phi) is 4.89. The molecule has 1 aliphatic heterocycles. The quantitative estimate of drug-likeness (QED) is 0.769. The second kappa shape index (κ2) is 6.99. The lowest BCUT2D eigenvalue weighted by molar-refractivity contribution is -0.122. The van der Waals surface area contributed by atoms with Crippen LogP contribution in [0.3, 0.4) is 0 Å². The molecule has 4 rings (SSSR count). The fourth-order valence-electron chi connectivity index (χ4n) is 4.86. The molecule has 2 atom stereocenters. The van der Waals surface area contributed by atoms with Crippen molar-refractivity contribution in [1.82, 2.24) is 0 Å². The lowest BCUT2D eigenvalue weighted by atomic mass is 9.67. The Morgan fingerprint density at radius 3 is 2.20 bits per heavy atom. The molecule has 1 heterocycles. The van der Waals surface area contributed by atoms with Crippen LogP contribution in [-0.2, 0) is 4.79 Å². The third-order valence-electron chi connectivity index (χ3n) is 6.05. The number of thioether (sulfide) groups is 2. The van der Waals surface area contributed by atoms with Crippen LogP contribution in [0.1, 0.15) is 49.4 Å².